The van der Waals surface area contributed by atoms with Gasteiger partial charge in [-0.1, -0.05) is 46.9 Å². The third-order valence-corrected chi connectivity index (χ3v) is 1.30. The van der Waals surface area contributed by atoms with Gasteiger partial charge >= 0.3 is 0 Å². The molecule has 9 heavy (non-hydrogen) atoms. The number of hydrogen-bond donors (Lipinski definition) is 1. The Balaban J connectivity index is 0. The SMILES string of the molecule is CCC.CCN(S)CC. The fourth-order valence-corrected chi connectivity index (χ4v) is 0.224. The lowest BCUT2D eigenvalue weighted by atomic mass is 10.6. The summed E-state index contributed by atoms with van der Waals surface area (Å²) >= 11 is 4.06. The third kappa shape index (κ3) is 17.8. The molecule has 0 aromatic carbocycles. The lowest BCUT2D eigenvalue weighted by Crippen LogP contribution is -2.08. The molecule has 0 saturated carbocycles. The van der Waals surface area contributed by atoms with Crippen LogP contribution in [-0.2, 0) is 0 Å². The van der Waals surface area contributed by atoms with Crippen molar-refractivity contribution in [1.29, 1.82) is 0 Å². The molecule has 0 saturated heterocycles. The van der Waals surface area contributed by atoms with E-state index in [0.29, 0.717) is 0 Å². The van der Waals surface area contributed by atoms with Crippen molar-refractivity contribution in [2.45, 2.75) is 34.1 Å². The zero-order valence-electron chi connectivity index (χ0n) is 7.02. The second-order valence-electron chi connectivity index (χ2n) is 1.85. The van der Waals surface area contributed by atoms with E-state index in [0.717, 1.165) is 13.1 Å². The highest BCUT2D eigenvalue weighted by atomic mass is 32.1. The van der Waals surface area contributed by atoms with E-state index in [2.05, 4.69) is 40.5 Å². The Labute approximate surface area is 65.0 Å². The van der Waals surface area contributed by atoms with Gasteiger partial charge in [-0.2, -0.15) is 0 Å². The van der Waals surface area contributed by atoms with Crippen molar-refractivity contribution >= 4 is 12.8 Å². The summed E-state index contributed by atoms with van der Waals surface area (Å²) in [6.07, 6.45) is 1.25. The number of thiol groups is 1. The van der Waals surface area contributed by atoms with Gasteiger partial charge in [0.2, 0.25) is 0 Å². The van der Waals surface area contributed by atoms with Crippen molar-refractivity contribution in [3.05, 3.63) is 0 Å². The first-order valence-electron chi connectivity index (χ1n) is 3.66. The maximum atomic E-state index is 4.06. The van der Waals surface area contributed by atoms with Crippen molar-refractivity contribution in [1.82, 2.24) is 4.31 Å². The molecule has 0 aliphatic rings. The van der Waals surface area contributed by atoms with Crippen LogP contribution in [0.4, 0.5) is 0 Å². The van der Waals surface area contributed by atoms with E-state index in [9.17, 15) is 0 Å². The summed E-state index contributed by atoms with van der Waals surface area (Å²) in [5.74, 6) is 0. The molecule has 58 valence electrons. The van der Waals surface area contributed by atoms with E-state index >= 15 is 0 Å². The molecular weight excluding hydrogens is 130 g/mol. The van der Waals surface area contributed by atoms with Crippen LogP contribution < -0.4 is 0 Å². The van der Waals surface area contributed by atoms with Gasteiger partial charge in [0, 0.05) is 13.1 Å². The molecule has 0 fully saturated rings. The largest absolute Gasteiger partial charge is 0.254 e. The monoisotopic (exact) mass is 149 g/mol. The minimum absolute atomic E-state index is 1.03. The fraction of sp³-hybridized carbons (Fsp3) is 1.00. The summed E-state index contributed by atoms with van der Waals surface area (Å²) < 4.78 is 1.94. The summed E-state index contributed by atoms with van der Waals surface area (Å²) in [6, 6.07) is 0. The molecule has 0 N–H and O–H groups in total. The molecule has 0 bridgehead atoms. The Bertz CT molecular complexity index is 35.9. The smallest absolute Gasteiger partial charge is 0.00584 e. The van der Waals surface area contributed by atoms with Gasteiger partial charge in [-0.25, -0.2) is 0 Å². The molecule has 2 heteroatoms. The molecule has 0 heterocycles. The average Bonchev–Trinajstić information content (AvgIpc) is 1.88. The number of hydrogen-bond acceptors (Lipinski definition) is 2. The highest BCUT2D eigenvalue weighted by Gasteiger charge is 1.83. The van der Waals surface area contributed by atoms with Gasteiger partial charge in [-0.3, -0.25) is 4.31 Å². The van der Waals surface area contributed by atoms with Crippen LogP contribution in [0.15, 0.2) is 0 Å². The zero-order chi connectivity index (χ0) is 7.70. The molecule has 0 radical (unpaired) electrons. The maximum absolute atomic E-state index is 4.06. The topological polar surface area (TPSA) is 3.24 Å². The van der Waals surface area contributed by atoms with Crippen LogP contribution in [0, 0.1) is 0 Å². The first-order valence-corrected chi connectivity index (χ1v) is 4.06. The van der Waals surface area contributed by atoms with E-state index in [-0.39, 0.29) is 0 Å². The zero-order valence-corrected chi connectivity index (χ0v) is 7.91. The van der Waals surface area contributed by atoms with Gasteiger partial charge in [-0.05, 0) is 0 Å². The van der Waals surface area contributed by atoms with Crippen molar-refractivity contribution in [2.75, 3.05) is 13.1 Å². The van der Waals surface area contributed by atoms with Crippen LogP contribution in [0.25, 0.3) is 0 Å². The summed E-state index contributed by atoms with van der Waals surface area (Å²) in [7, 11) is 0. The quantitative estimate of drug-likeness (QED) is 0.591. The van der Waals surface area contributed by atoms with Crippen LogP contribution in [0.5, 0.6) is 0 Å². The normalized spacial score (nSPS) is 8.67. The van der Waals surface area contributed by atoms with Crippen LogP contribution >= 0.6 is 12.8 Å². The van der Waals surface area contributed by atoms with Crippen LogP contribution in [0.2, 0.25) is 0 Å². The molecule has 0 amide bonds. The standard InChI is InChI=1S/C4H11NS.C3H8/c1-3-5(6)4-2;1-3-2/h6H,3-4H2,1-2H3;3H2,1-2H3. The summed E-state index contributed by atoms with van der Waals surface area (Å²) in [5, 5.41) is 0. The second kappa shape index (κ2) is 11.2. The van der Waals surface area contributed by atoms with E-state index in [1.54, 1.807) is 0 Å². The summed E-state index contributed by atoms with van der Waals surface area (Å²) in [6.45, 7) is 10.5. The highest BCUT2D eigenvalue weighted by Crippen LogP contribution is 1.86. The van der Waals surface area contributed by atoms with Gasteiger partial charge in [0.15, 0.2) is 0 Å². The second-order valence-corrected chi connectivity index (χ2v) is 2.41. The van der Waals surface area contributed by atoms with Crippen molar-refractivity contribution in [3.63, 3.8) is 0 Å². The predicted octanol–water partition coefficient (Wildman–Crippen LogP) is 2.59. The van der Waals surface area contributed by atoms with Gasteiger partial charge in [0.05, 0.1) is 0 Å². The summed E-state index contributed by atoms with van der Waals surface area (Å²) in [4.78, 5) is 0. The first-order chi connectivity index (χ1) is 4.22. The first kappa shape index (κ1) is 12.0. The van der Waals surface area contributed by atoms with Gasteiger partial charge < -0.3 is 0 Å². The van der Waals surface area contributed by atoms with Crippen molar-refractivity contribution in [3.8, 4) is 0 Å². The maximum Gasteiger partial charge on any atom is 0.00584 e. The molecule has 0 aromatic heterocycles. The fourth-order valence-electron chi connectivity index (χ4n) is 0.224. The highest BCUT2D eigenvalue weighted by molar-refractivity contribution is 7.77. The molecule has 0 aliphatic carbocycles. The molecule has 0 rings (SSSR count). The van der Waals surface area contributed by atoms with Crippen molar-refractivity contribution in [2.24, 2.45) is 0 Å². The third-order valence-electron chi connectivity index (χ3n) is 0.730. The minimum Gasteiger partial charge on any atom is -0.254 e. The summed E-state index contributed by atoms with van der Waals surface area (Å²) in [5.41, 5.74) is 0. The van der Waals surface area contributed by atoms with Crippen LogP contribution in [0.3, 0.4) is 0 Å². The van der Waals surface area contributed by atoms with Gasteiger partial charge in [0.1, 0.15) is 0 Å². The Morgan fingerprint density at radius 2 is 1.22 bits per heavy atom. The molecular formula is C7H19NS. The van der Waals surface area contributed by atoms with Crippen LogP contribution in [-0.4, -0.2) is 17.4 Å². The van der Waals surface area contributed by atoms with Gasteiger partial charge in [0.25, 0.3) is 0 Å². The number of rotatable bonds is 2. The molecule has 0 atom stereocenters. The Kier molecular flexibility index (Phi) is 14.9. The van der Waals surface area contributed by atoms with E-state index in [4.69, 9.17) is 0 Å². The average molecular weight is 149 g/mol. The van der Waals surface area contributed by atoms with E-state index < -0.39 is 0 Å². The molecule has 0 unspecified atom stereocenters. The van der Waals surface area contributed by atoms with Crippen molar-refractivity contribution < 1.29 is 0 Å². The lowest BCUT2D eigenvalue weighted by molar-refractivity contribution is 0.532. The van der Waals surface area contributed by atoms with Crippen LogP contribution in [0.1, 0.15) is 34.1 Å². The predicted molar refractivity (Wildman–Crippen MR) is 47.9 cm³/mol. The number of nitrogens with zero attached hydrogens (tertiary/aromatic N) is 1. The lowest BCUT2D eigenvalue weighted by Gasteiger charge is -2.05. The Morgan fingerprint density at radius 3 is 1.22 bits per heavy atom. The van der Waals surface area contributed by atoms with E-state index in [1.807, 2.05) is 4.31 Å². The molecule has 0 aromatic rings. The molecule has 0 spiro atoms. The van der Waals surface area contributed by atoms with Gasteiger partial charge in [-0.15, -0.1) is 0 Å². The minimum atomic E-state index is 1.03. The molecule has 1 nitrogen and oxygen atoms in total. The molecule has 0 aliphatic heterocycles. The Morgan fingerprint density at radius 1 is 1.00 bits per heavy atom. The Hall–Kier alpha value is 0.310. The van der Waals surface area contributed by atoms with E-state index in [1.165, 1.54) is 6.42 Å².